The summed E-state index contributed by atoms with van der Waals surface area (Å²) in [5, 5.41) is 8.81. The zero-order chi connectivity index (χ0) is 11.5. The van der Waals surface area contributed by atoms with Crippen molar-refractivity contribution >= 4 is 5.97 Å². The second-order valence-corrected chi connectivity index (χ2v) is 3.58. The van der Waals surface area contributed by atoms with E-state index in [9.17, 15) is 4.79 Å². The van der Waals surface area contributed by atoms with Gasteiger partial charge in [-0.1, -0.05) is 0 Å². The Morgan fingerprint density at radius 3 is 3.12 bits per heavy atom. The number of ether oxygens (including phenoxy) is 2. The molecule has 0 bridgehead atoms. The lowest BCUT2D eigenvalue weighted by atomic mass is 9.92. The molecule has 0 amide bonds. The van der Waals surface area contributed by atoms with Gasteiger partial charge in [0, 0.05) is 5.56 Å². The summed E-state index contributed by atoms with van der Waals surface area (Å²) >= 11 is 0. The van der Waals surface area contributed by atoms with E-state index in [0.717, 1.165) is 5.56 Å². The zero-order valence-electron chi connectivity index (χ0n) is 8.90. The van der Waals surface area contributed by atoms with Crippen LogP contribution in [0.25, 0.3) is 0 Å². The number of hydrogen-bond donors (Lipinski definition) is 0. The molecule has 0 spiro atoms. The number of nitriles is 1. The molecule has 0 N–H and O–H groups in total. The smallest absolute Gasteiger partial charge is 0.313 e. The van der Waals surface area contributed by atoms with Crippen LogP contribution in [0.1, 0.15) is 23.5 Å². The fraction of sp³-hybridized carbons (Fsp3) is 0.333. The van der Waals surface area contributed by atoms with Crippen molar-refractivity contribution in [3.8, 4) is 11.8 Å². The summed E-state index contributed by atoms with van der Waals surface area (Å²) in [6, 6.07) is 7.14. The first kappa shape index (κ1) is 10.5. The summed E-state index contributed by atoms with van der Waals surface area (Å²) in [7, 11) is 1.37. The molecule has 1 heterocycles. The van der Waals surface area contributed by atoms with Gasteiger partial charge in [0.05, 0.1) is 31.3 Å². The SMILES string of the molecule is COC(=O)[C@@H]1CCOc2ccc(C#N)cc21. The highest BCUT2D eigenvalue weighted by Crippen LogP contribution is 2.34. The van der Waals surface area contributed by atoms with E-state index in [2.05, 4.69) is 0 Å². The number of carbonyl (C=O) groups is 1. The lowest BCUT2D eigenvalue weighted by molar-refractivity contribution is -0.143. The summed E-state index contributed by atoms with van der Waals surface area (Å²) in [6.07, 6.45) is 0.592. The summed E-state index contributed by atoms with van der Waals surface area (Å²) in [4.78, 5) is 11.6. The number of fused-ring (bicyclic) bond motifs is 1. The third-order valence-corrected chi connectivity index (χ3v) is 2.66. The van der Waals surface area contributed by atoms with Crippen LogP contribution in [0.4, 0.5) is 0 Å². The molecule has 0 fully saturated rings. The predicted molar refractivity (Wildman–Crippen MR) is 56.0 cm³/mol. The summed E-state index contributed by atoms with van der Waals surface area (Å²) in [6.45, 7) is 0.499. The third kappa shape index (κ3) is 1.72. The van der Waals surface area contributed by atoms with Gasteiger partial charge in [0.15, 0.2) is 0 Å². The van der Waals surface area contributed by atoms with Gasteiger partial charge in [-0.3, -0.25) is 4.79 Å². The third-order valence-electron chi connectivity index (χ3n) is 2.66. The average Bonchev–Trinajstić information content (AvgIpc) is 2.36. The van der Waals surface area contributed by atoms with Gasteiger partial charge in [-0.25, -0.2) is 0 Å². The van der Waals surface area contributed by atoms with Gasteiger partial charge in [-0.2, -0.15) is 5.26 Å². The number of hydrogen-bond acceptors (Lipinski definition) is 4. The maximum absolute atomic E-state index is 11.6. The van der Waals surface area contributed by atoms with E-state index in [1.165, 1.54) is 7.11 Å². The number of benzene rings is 1. The van der Waals surface area contributed by atoms with Gasteiger partial charge in [0.25, 0.3) is 0 Å². The minimum absolute atomic E-state index is 0.278. The highest BCUT2D eigenvalue weighted by atomic mass is 16.5. The standard InChI is InChI=1S/C12H11NO3/c1-15-12(14)9-4-5-16-11-3-2-8(7-13)6-10(9)11/h2-3,6,9H,4-5H2,1H3/t9-/m1/s1. The van der Waals surface area contributed by atoms with Gasteiger partial charge >= 0.3 is 5.97 Å². The van der Waals surface area contributed by atoms with Crippen molar-refractivity contribution in [2.75, 3.05) is 13.7 Å². The minimum atomic E-state index is -0.318. The molecule has 1 aliphatic rings. The van der Waals surface area contributed by atoms with Gasteiger partial charge in [0.1, 0.15) is 5.75 Å². The average molecular weight is 217 g/mol. The van der Waals surface area contributed by atoms with Crippen LogP contribution in [0.3, 0.4) is 0 Å². The van der Waals surface area contributed by atoms with Crippen molar-refractivity contribution < 1.29 is 14.3 Å². The van der Waals surface area contributed by atoms with Crippen LogP contribution in [0, 0.1) is 11.3 Å². The van der Waals surface area contributed by atoms with Gasteiger partial charge in [-0.15, -0.1) is 0 Å². The molecule has 4 nitrogen and oxygen atoms in total. The first-order valence-electron chi connectivity index (χ1n) is 5.01. The van der Waals surface area contributed by atoms with Crippen LogP contribution in [-0.2, 0) is 9.53 Å². The van der Waals surface area contributed by atoms with Crippen molar-refractivity contribution in [3.63, 3.8) is 0 Å². The van der Waals surface area contributed by atoms with E-state index in [1.807, 2.05) is 6.07 Å². The highest BCUT2D eigenvalue weighted by Gasteiger charge is 2.28. The Labute approximate surface area is 93.4 Å². The quantitative estimate of drug-likeness (QED) is 0.670. The van der Waals surface area contributed by atoms with E-state index in [-0.39, 0.29) is 11.9 Å². The van der Waals surface area contributed by atoms with Crippen LogP contribution in [0.5, 0.6) is 5.75 Å². The van der Waals surface area contributed by atoms with Crippen LogP contribution in [-0.4, -0.2) is 19.7 Å². The van der Waals surface area contributed by atoms with Gasteiger partial charge < -0.3 is 9.47 Å². The number of nitrogens with zero attached hydrogens (tertiary/aromatic N) is 1. The van der Waals surface area contributed by atoms with E-state index >= 15 is 0 Å². The Kier molecular flexibility index (Phi) is 2.78. The minimum Gasteiger partial charge on any atom is -0.493 e. The van der Waals surface area contributed by atoms with E-state index in [0.29, 0.717) is 24.3 Å². The van der Waals surface area contributed by atoms with Gasteiger partial charge in [0.2, 0.25) is 0 Å². The lowest BCUT2D eigenvalue weighted by Gasteiger charge is -2.24. The molecule has 1 aliphatic heterocycles. The van der Waals surface area contributed by atoms with Gasteiger partial charge in [-0.05, 0) is 24.6 Å². The number of methoxy groups -OCH3 is 1. The Morgan fingerprint density at radius 1 is 1.62 bits per heavy atom. The van der Waals surface area contributed by atoms with E-state index in [1.54, 1.807) is 18.2 Å². The second kappa shape index (κ2) is 4.23. The van der Waals surface area contributed by atoms with E-state index in [4.69, 9.17) is 14.7 Å². The molecular formula is C12H11NO3. The zero-order valence-corrected chi connectivity index (χ0v) is 8.90. The maximum Gasteiger partial charge on any atom is 0.313 e. The topological polar surface area (TPSA) is 59.3 Å². The lowest BCUT2D eigenvalue weighted by Crippen LogP contribution is -2.22. The fourth-order valence-corrected chi connectivity index (χ4v) is 1.85. The number of rotatable bonds is 1. The number of esters is 1. The second-order valence-electron chi connectivity index (χ2n) is 3.58. The predicted octanol–water partition coefficient (Wildman–Crippen LogP) is 1.60. The summed E-state index contributed by atoms with van der Waals surface area (Å²) in [5.41, 5.74) is 1.27. The fourth-order valence-electron chi connectivity index (χ4n) is 1.85. The molecule has 0 unspecified atom stereocenters. The molecule has 4 heteroatoms. The molecule has 16 heavy (non-hydrogen) atoms. The van der Waals surface area contributed by atoms with Crippen molar-refractivity contribution in [1.29, 1.82) is 5.26 Å². The van der Waals surface area contributed by atoms with Crippen molar-refractivity contribution in [2.45, 2.75) is 12.3 Å². The molecule has 1 aromatic carbocycles. The normalized spacial score (nSPS) is 17.9. The summed E-state index contributed by atoms with van der Waals surface area (Å²) < 4.78 is 10.2. The largest absolute Gasteiger partial charge is 0.493 e. The first-order chi connectivity index (χ1) is 7.76. The van der Waals surface area contributed by atoms with Crippen LogP contribution in [0.15, 0.2) is 18.2 Å². The first-order valence-corrected chi connectivity index (χ1v) is 5.01. The highest BCUT2D eigenvalue weighted by molar-refractivity contribution is 5.79. The number of carbonyl (C=O) groups excluding carboxylic acids is 1. The Morgan fingerprint density at radius 2 is 2.44 bits per heavy atom. The van der Waals surface area contributed by atoms with Crippen LogP contribution < -0.4 is 4.74 Å². The van der Waals surface area contributed by atoms with Crippen LogP contribution >= 0.6 is 0 Å². The van der Waals surface area contributed by atoms with Crippen molar-refractivity contribution in [2.24, 2.45) is 0 Å². The molecule has 0 saturated carbocycles. The molecule has 1 aromatic rings. The van der Waals surface area contributed by atoms with Crippen LogP contribution in [0.2, 0.25) is 0 Å². The Balaban J connectivity index is 2.44. The Bertz CT molecular complexity index is 462. The molecule has 0 aliphatic carbocycles. The maximum atomic E-state index is 11.6. The summed E-state index contributed by atoms with van der Waals surface area (Å²) in [5.74, 6) is 0.0716. The molecule has 2 rings (SSSR count). The molecular weight excluding hydrogens is 206 g/mol. The van der Waals surface area contributed by atoms with Crippen molar-refractivity contribution in [1.82, 2.24) is 0 Å². The monoisotopic (exact) mass is 217 g/mol. The molecule has 82 valence electrons. The molecule has 1 atom stereocenters. The van der Waals surface area contributed by atoms with Crippen molar-refractivity contribution in [3.05, 3.63) is 29.3 Å². The molecule has 0 aromatic heterocycles. The Hall–Kier alpha value is -2.02. The molecule has 0 radical (unpaired) electrons. The van der Waals surface area contributed by atoms with E-state index < -0.39 is 0 Å². The molecule has 0 saturated heterocycles.